The number of carbonyl (C=O) groups is 2. The number of methoxy groups -OCH3 is 2. The SMILES string of the molecule is CCCN(CC(=O)N1CCc2cc(OC)c(OC)cc2C1C)C(=O)CC. The van der Waals surface area contributed by atoms with Gasteiger partial charge in [0.05, 0.1) is 26.8 Å². The molecule has 0 aliphatic carbocycles. The molecule has 0 spiro atoms. The predicted molar refractivity (Wildman–Crippen MR) is 101 cm³/mol. The van der Waals surface area contributed by atoms with E-state index in [0.717, 1.165) is 18.4 Å². The van der Waals surface area contributed by atoms with E-state index in [9.17, 15) is 9.59 Å². The number of hydrogen-bond donors (Lipinski definition) is 0. The van der Waals surface area contributed by atoms with Crippen molar-refractivity contribution in [2.24, 2.45) is 0 Å². The second-order valence-electron chi connectivity index (χ2n) is 6.59. The fourth-order valence-electron chi connectivity index (χ4n) is 3.52. The minimum atomic E-state index is -0.0636. The van der Waals surface area contributed by atoms with Gasteiger partial charge in [0, 0.05) is 19.5 Å². The fraction of sp³-hybridized carbons (Fsp3) is 0.600. The number of nitrogens with zero attached hydrogens (tertiary/aromatic N) is 2. The van der Waals surface area contributed by atoms with Crippen LogP contribution in [-0.4, -0.2) is 55.5 Å². The molecule has 0 aromatic heterocycles. The topological polar surface area (TPSA) is 59.1 Å². The first kappa shape index (κ1) is 20.1. The zero-order valence-corrected chi connectivity index (χ0v) is 16.5. The van der Waals surface area contributed by atoms with Gasteiger partial charge in [-0.1, -0.05) is 13.8 Å². The van der Waals surface area contributed by atoms with Gasteiger partial charge in [-0.2, -0.15) is 0 Å². The van der Waals surface area contributed by atoms with Gasteiger partial charge in [0.15, 0.2) is 11.5 Å². The lowest BCUT2D eigenvalue weighted by atomic mass is 9.92. The number of fused-ring (bicyclic) bond motifs is 1. The maximum Gasteiger partial charge on any atom is 0.242 e. The van der Waals surface area contributed by atoms with Crippen LogP contribution in [0.2, 0.25) is 0 Å². The Morgan fingerprint density at radius 2 is 1.85 bits per heavy atom. The fourth-order valence-corrected chi connectivity index (χ4v) is 3.52. The normalized spacial score (nSPS) is 16.0. The Morgan fingerprint density at radius 1 is 1.19 bits per heavy atom. The average Bonchev–Trinajstić information content (AvgIpc) is 2.66. The molecule has 1 heterocycles. The Kier molecular flexibility index (Phi) is 6.89. The summed E-state index contributed by atoms with van der Waals surface area (Å²) in [5, 5.41) is 0. The van der Waals surface area contributed by atoms with Crippen molar-refractivity contribution in [1.82, 2.24) is 9.80 Å². The summed E-state index contributed by atoms with van der Waals surface area (Å²) < 4.78 is 10.8. The van der Waals surface area contributed by atoms with Crippen molar-refractivity contribution in [3.63, 3.8) is 0 Å². The van der Waals surface area contributed by atoms with Crippen LogP contribution in [-0.2, 0) is 16.0 Å². The van der Waals surface area contributed by atoms with Crippen LogP contribution in [0, 0.1) is 0 Å². The number of amides is 2. The van der Waals surface area contributed by atoms with Crippen LogP contribution >= 0.6 is 0 Å². The summed E-state index contributed by atoms with van der Waals surface area (Å²) in [7, 11) is 3.24. The van der Waals surface area contributed by atoms with Crippen LogP contribution < -0.4 is 9.47 Å². The summed E-state index contributed by atoms with van der Waals surface area (Å²) in [6.45, 7) is 7.26. The van der Waals surface area contributed by atoms with E-state index in [1.807, 2.05) is 37.8 Å². The molecule has 1 aromatic carbocycles. The molecule has 1 aliphatic rings. The molecule has 6 nitrogen and oxygen atoms in total. The first-order valence-corrected chi connectivity index (χ1v) is 9.28. The van der Waals surface area contributed by atoms with Crippen LogP contribution in [0.1, 0.15) is 50.8 Å². The molecule has 0 fully saturated rings. The molecular formula is C20H30N2O4. The summed E-state index contributed by atoms with van der Waals surface area (Å²) in [6.07, 6.45) is 2.03. The van der Waals surface area contributed by atoms with E-state index in [1.165, 1.54) is 5.56 Å². The Hall–Kier alpha value is -2.24. The van der Waals surface area contributed by atoms with Gasteiger partial charge in [-0.05, 0) is 43.0 Å². The zero-order valence-electron chi connectivity index (χ0n) is 16.5. The second kappa shape index (κ2) is 8.92. The molecule has 26 heavy (non-hydrogen) atoms. The molecule has 0 N–H and O–H groups in total. The minimum absolute atomic E-state index is 0.00631. The van der Waals surface area contributed by atoms with E-state index >= 15 is 0 Å². The van der Waals surface area contributed by atoms with Crippen LogP contribution in [0.5, 0.6) is 11.5 Å². The Morgan fingerprint density at radius 3 is 2.42 bits per heavy atom. The quantitative estimate of drug-likeness (QED) is 0.748. The van der Waals surface area contributed by atoms with E-state index in [-0.39, 0.29) is 24.4 Å². The predicted octanol–water partition coefficient (Wildman–Crippen LogP) is 2.80. The lowest BCUT2D eigenvalue weighted by Crippen LogP contribution is -2.46. The van der Waals surface area contributed by atoms with Crippen molar-refractivity contribution < 1.29 is 19.1 Å². The molecule has 6 heteroatoms. The van der Waals surface area contributed by atoms with Crippen molar-refractivity contribution in [2.75, 3.05) is 33.9 Å². The van der Waals surface area contributed by atoms with Gasteiger partial charge in [0.25, 0.3) is 0 Å². The first-order chi connectivity index (χ1) is 12.5. The van der Waals surface area contributed by atoms with E-state index in [1.54, 1.807) is 19.1 Å². The lowest BCUT2D eigenvalue weighted by Gasteiger charge is -2.37. The highest BCUT2D eigenvalue weighted by molar-refractivity contribution is 5.85. The van der Waals surface area contributed by atoms with Gasteiger partial charge >= 0.3 is 0 Å². The lowest BCUT2D eigenvalue weighted by molar-refractivity contribution is -0.142. The number of hydrogen-bond acceptors (Lipinski definition) is 4. The third-order valence-corrected chi connectivity index (χ3v) is 4.98. The second-order valence-corrected chi connectivity index (χ2v) is 6.59. The Bertz CT molecular complexity index is 659. The standard InChI is InChI=1S/C20H30N2O4/c1-6-9-21(19(23)7-2)13-20(24)22-10-8-15-11-17(25-4)18(26-5)12-16(15)14(22)3/h11-12,14H,6-10,13H2,1-5H3. The largest absolute Gasteiger partial charge is 0.493 e. The minimum Gasteiger partial charge on any atom is -0.493 e. The van der Waals surface area contributed by atoms with Gasteiger partial charge < -0.3 is 19.3 Å². The van der Waals surface area contributed by atoms with Crippen LogP contribution in [0.4, 0.5) is 0 Å². The maximum atomic E-state index is 12.9. The van der Waals surface area contributed by atoms with Gasteiger partial charge in [0.2, 0.25) is 11.8 Å². The highest BCUT2D eigenvalue weighted by atomic mass is 16.5. The molecular weight excluding hydrogens is 332 g/mol. The maximum absolute atomic E-state index is 12.9. The Balaban J connectivity index is 2.20. The van der Waals surface area contributed by atoms with E-state index in [4.69, 9.17) is 9.47 Å². The van der Waals surface area contributed by atoms with Crippen molar-refractivity contribution in [3.05, 3.63) is 23.3 Å². The number of benzene rings is 1. The molecule has 1 unspecified atom stereocenters. The molecule has 0 bridgehead atoms. The van der Waals surface area contributed by atoms with Gasteiger partial charge in [-0.3, -0.25) is 9.59 Å². The average molecular weight is 362 g/mol. The molecule has 1 aliphatic heterocycles. The molecule has 0 radical (unpaired) electrons. The van der Waals surface area contributed by atoms with Gasteiger partial charge in [-0.15, -0.1) is 0 Å². The zero-order chi connectivity index (χ0) is 19.3. The molecule has 1 aromatic rings. The molecule has 2 amide bonds. The molecule has 1 atom stereocenters. The van der Waals surface area contributed by atoms with Crippen molar-refractivity contribution in [3.8, 4) is 11.5 Å². The van der Waals surface area contributed by atoms with E-state index in [2.05, 4.69) is 0 Å². The third kappa shape index (κ3) is 4.11. The Labute approximate surface area is 156 Å². The van der Waals surface area contributed by atoms with Gasteiger partial charge in [-0.25, -0.2) is 0 Å². The van der Waals surface area contributed by atoms with Crippen LogP contribution in [0.25, 0.3) is 0 Å². The summed E-state index contributed by atoms with van der Waals surface area (Å²) >= 11 is 0. The van der Waals surface area contributed by atoms with Crippen molar-refractivity contribution in [2.45, 2.75) is 46.1 Å². The summed E-state index contributed by atoms with van der Waals surface area (Å²) in [4.78, 5) is 28.5. The number of carbonyl (C=O) groups excluding carboxylic acids is 2. The summed E-state index contributed by atoms with van der Waals surface area (Å²) in [6, 6.07) is 3.89. The van der Waals surface area contributed by atoms with Crippen LogP contribution in [0.3, 0.4) is 0 Å². The van der Waals surface area contributed by atoms with Crippen LogP contribution in [0.15, 0.2) is 12.1 Å². The molecule has 2 rings (SSSR count). The first-order valence-electron chi connectivity index (χ1n) is 9.28. The van der Waals surface area contributed by atoms with Gasteiger partial charge in [0.1, 0.15) is 0 Å². The van der Waals surface area contributed by atoms with E-state index in [0.29, 0.717) is 31.0 Å². The highest BCUT2D eigenvalue weighted by Gasteiger charge is 2.30. The van der Waals surface area contributed by atoms with Crippen molar-refractivity contribution in [1.29, 1.82) is 0 Å². The van der Waals surface area contributed by atoms with Crippen molar-refractivity contribution >= 4 is 11.8 Å². The smallest absolute Gasteiger partial charge is 0.242 e. The molecule has 144 valence electrons. The number of ether oxygens (including phenoxy) is 2. The third-order valence-electron chi connectivity index (χ3n) is 4.98. The molecule has 0 saturated heterocycles. The summed E-state index contributed by atoms with van der Waals surface area (Å²) in [5.74, 6) is 1.40. The summed E-state index contributed by atoms with van der Waals surface area (Å²) in [5.41, 5.74) is 2.25. The van der Waals surface area contributed by atoms with E-state index < -0.39 is 0 Å². The monoisotopic (exact) mass is 362 g/mol. The highest BCUT2D eigenvalue weighted by Crippen LogP contribution is 2.37. The molecule has 0 saturated carbocycles. The number of rotatable bonds is 7.